The maximum absolute atomic E-state index is 12.2. The Morgan fingerprint density at radius 1 is 1.44 bits per heavy atom. The van der Waals surface area contributed by atoms with Gasteiger partial charge in [0.2, 0.25) is 5.91 Å². The number of hydrogen-bond acceptors (Lipinski definition) is 4. The van der Waals surface area contributed by atoms with Crippen LogP contribution in [0.15, 0.2) is 0 Å². The van der Waals surface area contributed by atoms with Crippen molar-refractivity contribution in [3.8, 4) is 0 Å². The number of thioether (sulfide) groups is 2. The highest BCUT2D eigenvalue weighted by molar-refractivity contribution is 7.99. The normalized spacial score (nSPS) is 21.9. The van der Waals surface area contributed by atoms with Crippen LogP contribution < -0.4 is 5.73 Å². The Labute approximate surface area is 125 Å². The molecule has 1 rings (SSSR count). The molecular weight excluding hydrogens is 288 g/mol. The number of nitrogens with zero attached hydrogens (tertiary/aromatic N) is 1. The Morgan fingerprint density at radius 3 is 2.78 bits per heavy atom. The summed E-state index contributed by atoms with van der Waals surface area (Å²) in [6, 6.07) is -0.303. The minimum Gasteiger partial charge on any atom is -0.340 e. The zero-order valence-electron chi connectivity index (χ0n) is 11.3. The van der Waals surface area contributed by atoms with Crippen molar-refractivity contribution in [1.82, 2.24) is 4.90 Å². The summed E-state index contributed by atoms with van der Waals surface area (Å²) < 4.78 is 0. The van der Waals surface area contributed by atoms with Gasteiger partial charge in [-0.2, -0.15) is 23.5 Å². The van der Waals surface area contributed by atoms with Gasteiger partial charge in [0.05, 0.1) is 6.04 Å². The highest BCUT2D eigenvalue weighted by Gasteiger charge is 2.24. The third kappa shape index (κ3) is 6.04. The van der Waals surface area contributed by atoms with Crippen LogP contribution in [0.1, 0.15) is 25.7 Å². The largest absolute Gasteiger partial charge is 0.340 e. The van der Waals surface area contributed by atoms with Gasteiger partial charge in [-0.3, -0.25) is 4.79 Å². The lowest BCUT2D eigenvalue weighted by molar-refractivity contribution is -0.132. The van der Waals surface area contributed by atoms with E-state index in [2.05, 4.69) is 6.26 Å². The first-order valence-electron chi connectivity index (χ1n) is 6.25. The Balaban J connectivity index is 0.00000289. The first-order valence-corrected chi connectivity index (χ1v) is 8.93. The zero-order valence-corrected chi connectivity index (χ0v) is 13.7. The molecule has 0 saturated carbocycles. The molecule has 1 aliphatic rings. The highest BCUT2D eigenvalue weighted by atomic mass is 35.5. The first kappa shape index (κ1) is 18.4. The van der Waals surface area contributed by atoms with Gasteiger partial charge in [-0.25, -0.2) is 0 Å². The number of rotatable bonds is 5. The van der Waals surface area contributed by atoms with Gasteiger partial charge < -0.3 is 10.6 Å². The van der Waals surface area contributed by atoms with Crippen LogP contribution in [0.25, 0.3) is 0 Å². The van der Waals surface area contributed by atoms with E-state index in [1.165, 1.54) is 12.8 Å². The van der Waals surface area contributed by atoms with Gasteiger partial charge in [-0.1, -0.05) is 6.42 Å². The Hall–Kier alpha value is 0.420. The lowest BCUT2D eigenvalue weighted by Gasteiger charge is -2.26. The molecule has 1 fully saturated rings. The lowest BCUT2D eigenvalue weighted by atomic mass is 10.2. The Bertz CT molecular complexity index is 244. The minimum absolute atomic E-state index is 0. The highest BCUT2D eigenvalue weighted by Crippen LogP contribution is 2.20. The monoisotopic (exact) mass is 312 g/mol. The maximum atomic E-state index is 12.2. The molecule has 0 aromatic rings. The number of hydrogen-bond donors (Lipinski definition) is 1. The van der Waals surface area contributed by atoms with Crippen LogP contribution in [0, 0.1) is 0 Å². The van der Waals surface area contributed by atoms with Gasteiger partial charge in [0, 0.05) is 18.3 Å². The molecule has 1 heterocycles. The number of carbonyl (C=O) groups is 1. The van der Waals surface area contributed by atoms with E-state index in [1.807, 2.05) is 22.9 Å². The predicted molar refractivity (Wildman–Crippen MR) is 86.0 cm³/mol. The van der Waals surface area contributed by atoms with Gasteiger partial charge in [-0.05, 0) is 37.5 Å². The number of likely N-dealkylation sites (tertiary alicyclic amines) is 1. The quantitative estimate of drug-likeness (QED) is 0.845. The second kappa shape index (κ2) is 10.2. The molecule has 0 radical (unpaired) electrons. The van der Waals surface area contributed by atoms with Crippen molar-refractivity contribution < 1.29 is 4.79 Å². The maximum Gasteiger partial charge on any atom is 0.239 e. The molecule has 0 aromatic heterocycles. The first-order chi connectivity index (χ1) is 8.19. The summed E-state index contributed by atoms with van der Waals surface area (Å²) in [6.45, 7) is 1.77. The van der Waals surface area contributed by atoms with Crippen molar-refractivity contribution in [3.05, 3.63) is 0 Å². The summed E-state index contributed by atoms with van der Waals surface area (Å²) in [4.78, 5) is 14.2. The molecule has 1 saturated heterocycles. The third-order valence-corrected chi connectivity index (χ3v) is 4.92. The van der Waals surface area contributed by atoms with Gasteiger partial charge in [-0.15, -0.1) is 12.4 Å². The van der Waals surface area contributed by atoms with Crippen molar-refractivity contribution in [3.63, 3.8) is 0 Å². The molecule has 0 spiro atoms. The molecule has 108 valence electrons. The molecule has 3 nitrogen and oxygen atoms in total. The van der Waals surface area contributed by atoms with Crippen molar-refractivity contribution in [2.24, 2.45) is 5.73 Å². The molecular formula is C12H25ClN2OS2. The summed E-state index contributed by atoms with van der Waals surface area (Å²) in [5.41, 5.74) is 5.96. The van der Waals surface area contributed by atoms with Crippen LogP contribution in [-0.2, 0) is 4.79 Å². The molecule has 2 N–H and O–H groups in total. The molecule has 0 aliphatic carbocycles. The molecule has 18 heavy (non-hydrogen) atoms. The van der Waals surface area contributed by atoms with E-state index >= 15 is 0 Å². The van der Waals surface area contributed by atoms with Gasteiger partial charge in [0.1, 0.15) is 0 Å². The zero-order chi connectivity index (χ0) is 12.7. The fraction of sp³-hybridized carbons (Fsp3) is 0.917. The summed E-state index contributed by atoms with van der Waals surface area (Å²) in [7, 11) is 0. The Morgan fingerprint density at radius 2 is 2.17 bits per heavy atom. The van der Waals surface area contributed by atoms with E-state index in [9.17, 15) is 4.79 Å². The number of halogens is 1. The molecule has 1 unspecified atom stereocenters. The van der Waals surface area contributed by atoms with Gasteiger partial charge in [0.25, 0.3) is 0 Å². The van der Waals surface area contributed by atoms with E-state index in [-0.39, 0.29) is 24.4 Å². The summed E-state index contributed by atoms with van der Waals surface area (Å²) in [6.07, 6.45) is 8.55. The lowest BCUT2D eigenvalue weighted by Crippen LogP contribution is -2.46. The molecule has 1 amide bonds. The average molecular weight is 313 g/mol. The van der Waals surface area contributed by atoms with Crippen LogP contribution in [0.2, 0.25) is 0 Å². The molecule has 2 atom stereocenters. The second-order valence-corrected chi connectivity index (χ2v) is 6.65. The van der Waals surface area contributed by atoms with Crippen LogP contribution in [-0.4, -0.2) is 53.5 Å². The van der Waals surface area contributed by atoms with Crippen molar-refractivity contribution >= 4 is 41.8 Å². The van der Waals surface area contributed by atoms with Crippen molar-refractivity contribution in [1.29, 1.82) is 0 Å². The summed E-state index contributed by atoms with van der Waals surface area (Å²) in [5, 5.41) is 0.592. The van der Waals surface area contributed by atoms with Crippen molar-refractivity contribution in [2.75, 3.05) is 31.4 Å². The fourth-order valence-electron chi connectivity index (χ4n) is 2.10. The van der Waals surface area contributed by atoms with E-state index < -0.39 is 0 Å². The number of amides is 1. The standard InChI is InChI=1S/C12H24N2OS2.ClH/c1-16-8-6-11(13)12(15)14-7-4-3-5-10(9-14)17-2;/h10-11H,3-9,13H2,1-2H3;1H/t10?,11-;/m0./s1. The second-order valence-electron chi connectivity index (χ2n) is 4.53. The molecule has 1 aliphatic heterocycles. The van der Waals surface area contributed by atoms with E-state index in [0.717, 1.165) is 31.7 Å². The van der Waals surface area contributed by atoms with Crippen LogP contribution >= 0.6 is 35.9 Å². The van der Waals surface area contributed by atoms with E-state index in [1.54, 1.807) is 11.8 Å². The topological polar surface area (TPSA) is 46.3 Å². The van der Waals surface area contributed by atoms with Crippen LogP contribution in [0.5, 0.6) is 0 Å². The molecule has 0 aromatic carbocycles. The predicted octanol–water partition coefficient (Wildman–Crippen LogP) is 2.23. The van der Waals surface area contributed by atoms with Crippen LogP contribution in [0.3, 0.4) is 0 Å². The Kier molecular flexibility index (Phi) is 10.5. The minimum atomic E-state index is -0.303. The third-order valence-electron chi connectivity index (χ3n) is 3.22. The van der Waals surface area contributed by atoms with Crippen LogP contribution in [0.4, 0.5) is 0 Å². The number of nitrogens with two attached hydrogens (primary N) is 1. The molecule has 6 heteroatoms. The van der Waals surface area contributed by atoms with Gasteiger partial charge >= 0.3 is 0 Å². The average Bonchev–Trinajstić information content (AvgIpc) is 2.60. The van der Waals surface area contributed by atoms with Crippen molar-refractivity contribution in [2.45, 2.75) is 37.0 Å². The summed E-state index contributed by atoms with van der Waals surface area (Å²) >= 11 is 3.62. The molecule has 0 bridgehead atoms. The smallest absolute Gasteiger partial charge is 0.239 e. The number of carbonyl (C=O) groups excluding carboxylic acids is 1. The van der Waals surface area contributed by atoms with E-state index in [0.29, 0.717) is 5.25 Å². The summed E-state index contributed by atoms with van der Waals surface area (Å²) in [5.74, 6) is 1.12. The fourth-order valence-corrected chi connectivity index (χ4v) is 3.32. The van der Waals surface area contributed by atoms with E-state index in [4.69, 9.17) is 5.73 Å². The van der Waals surface area contributed by atoms with Gasteiger partial charge in [0.15, 0.2) is 0 Å². The SMILES string of the molecule is CSCC[C@H](N)C(=O)N1CCCCC(SC)C1.Cl.